The average molecular weight is 410 g/mol. The van der Waals surface area contributed by atoms with Crippen molar-refractivity contribution in [2.24, 2.45) is 5.92 Å². The van der Waals surface area contributed by atoms with Crippen molar-refractivity contribution in [1.82, 2.24) is 19.9 Å². The van der Waals surface area contributed by atoms with Gasteiger partial charge >= 0.3 is 0 Å². The molecular formula is C22H26N4O4. The van der Waals surface area contributed by atoms with Crippen LogP contribution in [0.1, 0.15) is 20.3 Å². The summed E-state index contributed by atoms with van der Waals surface area (Å²) in [4.78, 5) is 21.0. The molecule has 1 unspecified atom stereocenters. The van der Waals surface area contributed by atoms with Crippen LogP contribution in [0, 0.1) is 5.92 Å². The molecule has 1 saturated heterocycles. The number of hydrogen-bond acceptors (Lipinski definition) is 6. The first-order valence-corrected chi connectivity index (χ1v) is 10.1. The standard InChI is InChI=1S/C22H26N4O4/c1-5-26-12-24-17-10-16(14-6-7-18(28-3)19(8-14)29-4)25-22(21(17)26)30-13(2)15-9-20(27)23-11-15/h6-8,10,12-13,15H,5,9,11H2,1-4H3,(H,23,27)/t13?,15-/m1/s1. The Balaban J connectivity index is 1.76. The Morgan fingerprint density at radius 1 is 1.23 bits per heavy atom. The van der Waals surface area contributed by atoms with Crippen LogP contribution in [0.15, 0.2) is 30.6 Å². The number of rotatable bonds is 7. The maximum atomic E-state index is 11.6. The SMILES string of the molecule is CCn1cnc2cc(-c3ccc(OC)c(OC)c3)nc(OC(C)[C@H]3CNC(=O)C3)c21. The quantitative estimate of drug-likeness (QED) is 0.644. The lowest BCUT2D eigenvalue weighted by Gasteiger charge is -2.20. The van der Waals surface area contributed by atoms with Crippen LogP contribution in [-0.4, -0.2) is 47.3 Å². The van der Waals surface area contributed by atoms with Gasteiger partial charge in [0.1, 0.15) is 11.6 Å². The molecule has 0 radical (unpaired) electrons. The summed E-state index contributed by atoms with van der Waals surface area (Å²) in [5, 5.41) is 2.87. The lowest BCUT2D eigenvalue weighted by Crippen LogP contribution is -2.26. The lowest BCUT2D eigenvalue weighted by atomic mass is 10.0. The number of methoxy groups -OCH3 is 2. The van der Waals surface area contributed by atoms with E-state index in [1.54, 1.807) is 20.5 Å². The number of benzene rings is 1. The molecule has 0 saturated carbocycles. The first-order valence-electron chi connectivity index (χ1n) is 10.1. The highest BCUT2D eigenvalue weighted by Crippen LogP contribution is 2.35. The maximum absolute atomic E-state index is 11.6. The van der Waals surface area contributed by atoms with Gasteiger partial charge < -0.3 is 24.1 Å². The van der Waals surface area contributed by atoms with Crippen molar-refractivity contribution < 1.29 is 19.0 Å². The largest absolute Gasteiger partial charge is 0.493 e. The molecule has 3 heterocycles. The number of aryl methyl sites for hydroxylation is 1. The number of ether oxygens (including phenoxy) is 3. The number of nitrogens with zero attached hydrogens (tertiary/aromatic N) is 3. The minimum Gasteiger partial charge on any atom is -0.493 e. The topological polar surface area (TPSA) is 87.5 Å². The van der Waals surface area contributed by atoms with Crippen molar-refractivity contribution in [1.29, 1.82) is 0 Å². The van der Waals surface area contributed by atoms with E-state index in [-0.39, 0.29) is 17.9 Å². The van der Waals surface area contributed by atoms with E-state index in [1.807, 2.05) is 35.8 Å². The zero-order valence-corrected chi connectivity index (χ0v) is 17.6. The van der Waals surface area contributed by atoms with Crippen LogP contribution < -0.4 is 19.5 Å². The van der Waals surface area contributed by atoms with E-state index in [0.717, 1.165) is 28.8 Å². The van der Waals surface area contributed by atoms with Crippen molar-refractivity contribution in [3.8, 4) is 28.6 Å². The number of carbonyl (C=O) groups is 1. The van der Waals surface area contributed by atoms with Gasteiger partial charge in [0.2, 0.25) is 11.8 Å². The summed E-state index contributed by atoms with van der Waals surface area (Å²) in [6.07, 6.45) is 2.09. The van der Waals surface area contributed by atoms with Crippen LogP contribution in [0.3, 0.4) is 0 Å². The zero-order chi connectivity index (χ0) is 21.3. The van der Waals surface area contributed by atoms with Crippen molar-refractivity contribution >= 4 is 16.9 Å². The fourth-order valence-corrected chi connectivity index (χ4v) is 3.76. The molecule has 8 nitrogen and oxygen atoms in total. The number of pyridine rings is 1. The van der Waals surface area contributed by atoms with E-state index in [0.29, 0.717) is 30.3 Å². The molecule has 0 bridgehead atoms. The molecule has 4 rings (SSSR count). The first kappa shape index (κ1) is 20.0. The summed E-state index contributed by atoms with van der Waals surface area (Å²) in [6, 6.07) is 7.61. The maximum Gasteiger partial charge on any atom is 0.241 e. The highest BCUT2D eigenvalue weighted by Gasteiger charge is 2.29. The van der Waals surface area contributed by atoms with Crippen molar-refractivity contribution in [2.75, 3.05) is 20.8 Å². The summed E-state index contributed by atoms with van der Waals surface area (Å²) in [6.45, 7) is 5.40. The molecular weight excluding hydrogens is 384 g/mol. The van der Waals surface area contributed by atoms with Gasteiger partial charge in [0.05, 0.1) is 31.8 Å². The zero-order valence-electron chi connectivity index (χ0n) is 17.6. The molecule has 0 aliphatic carbocycles. The van der Waals surface area contributed by atoms with E-state index in [2.05, 4.69) is 17.2 Å². The number of aromatic nitrogens is 3. The second kappa shape index (κ2) is 8.22. The summed E-state index contributed by atoms with van der Waals surface area (Å²) in [7, 11) is 3.21. The molecule has 1 N–H and O–H groups in total. The predicted molar refractivity (Wildman–Crippen MR) is 113 cm³/mol. The molecule has 0 spiro atoms. The van der Waals surface area contributed by atoms with Gasteiger partial charge in [0.25, 0.3) is 0 Å². The van der Waals surface area contributed by atoms with Gasteiger partial charge in [-0.15, -0.1) is 0 Å². The van der Waals surface area contributed by atoms with Crippen LogP contribution in [0.25, 0.3) is 22.3 Å². The molecule has 2 atom stereocenters. The number of carbonyl (C=O) groups excluding carboxylic acids is 1. The second-order valence-electron chi connectivity index (χ2n) is 7.37. The molecule has 1 aliphatic heterocycles. The molecule has 1 fully saturated rings. The monoisotopic (exact) mass is 410 g/mol. The Labute approximate surface area is 175 Å². The molecule has 3 aromatic rings. The Hall–Kier alpha value is -3.29. The molecule has 158 valence electrons. The Bertz CT molecular complexity index is 1080. The van der Waals surface area contributed by atoms with Crippen LogP contribution in [0.5, 0.6) is 17.4 Å². The van der Waals surface area contributed by atoms with Crippen LogP contribution in [0.2, 0.25) is 0 Å². The van der Waals surface area contributed by atoms with Gasteiger partial charge in [-0.2, -0.15) is 0 Å². The van der Waals surface area contributed by atoms with Gasteiger partial charge in [0, 0.05) is 31.0 Å². The van der Waals surface area contributed by atoms with E-state index in [1.165, 1.54) is 0 Å². The number of hydrogen-bond donors (Lipinski definition) is 1. The molecule has 1 amide bonds. The van der Waals surface area contributed by atoms with Crippen LogP contribution in [-0.2, 0) is 11.3 Å². The number of nitrogens with one attached hydrogen (secondary N) is 1. The Kier molecular flexibility index (Phi) is 5.48. The third kappa shape index (κ3) is 3.65. The van der Waals surface area contributed by atoms with Crippen molar-refractivity contribution in [3.63, 3.8) is 0 Å². The molecule has 2 aromatic heterocycles. The number of imidazole rings is 1. The minimum absolute atomic E-state index is 0.0613. The second-order valence-corrected chi connectivity index (χ2v) is 7.37. The Morgan fingerprint density at radius 2 is 2.03 bits per heavy atom. The summed E-state index contributed by atoms with van der Waals surface area (Å²) in [5.74, 6) is 1.97. The normalized spacial score (nSPS) is 17.1. The minimum atomic E-state index is -0.166. The molecule has 1 aromatic carbocycles. The van der Waals surface area contributed by atoms with Gasteiger partial charge in [-0.3, -0.25) is 4.79 Å². The lowest BCUT2D eigenvalue weighted by molar-refractivity contribution is -0.119. The highest BCUT2D eigenvalue weighted by molar-refractivity contribution is 5.85. The van der Waals surface area contributed by atoms with E-state index in [9.17, 15) is 4.79 Å². The summed E-state index contributed by atoms with van der Waals surface area (Å²) >= 11 is 0. The van der Waals surface area contributed by atoms with E-state index < -0.39 is 0 Å². The van der Waals surface area contributed by atoms with E-state index >= 15 is 0 Å². The first-order chi connectivity index (χ1) is 14.5. The van der Waals surface area contributed by atoms with Gasteiger partial charge in [-0.25, -0.2) is 9.97 Å². The third-order valence-corrected chi connectivity index (χ3v) is 5.55. The van der Waals surface area contributed by atoms with E-state index in [4.69, 9.17) is 19.2 Å². The van der Waals surface area contributed by atoms with Crippen molar-refractivity contribution in [3.05, 3.63) is 30.6 Å². The number of amides is 1. The summed E-state index contributed by atoms with van der Waals surface area (Å²) in [5.41, 5.74) is 3.26. The van der Waals surface area contributed by atoms with Gasteiger partial charge in [0.15, 0.2) is 11.5 Å². The van der Waals surface area contributed by atoms with Crippen LogP contribution in [0.4, 0.5) is 0 Å². The smallest absolute Gasteiger partial charge is 0.241 e. The molecule has 1 aliphatic rings. The number of fused-ring (bicyclic) bond motifs is 1. The Morgan fingerprint density at radius 3 is 2.70 bits per heavy atom. The molecule has 8 heteroatoms. The highest BCUT2D eigenvalue weighted by atomic mass is 16.5. The fraction of sp³-hybridized carbons (Fsp3) is 0.409. The fourth-order valence-electron chi connectivity index (χ4n) is 3.76. The average Bonchev–Trinajstić information content (AvgIpc) is 3.39. The third-order valence-electron chi connectivity index (χ3n) is 5.55. The summed E-state index contributed by atoms with van der Waals surface area (Å²) < 4.78 is 19.1. The van der Waals surface area contributed by atoms with Gasteiger partial charge in [-0.05, 0) is 38.1 Å². The van der Waals surface area contributed by atoms with Gasteiger partial charge in [-0.1, -0.05) is 0 Å². The predicted octanol–water partition coefficient (Wildman–Crippen LogP) is 3.04. The van der Waals surface area contributed by atoms with Crippen molar-refractivity contribution in [2.45, 2.75) is 32.9 Å². The molecule has 30 heavy (non-hydrogen) atoms. The van der Waals surface area contributed by atoms with Crippen LogP contribution >= 0.6 is 0 Å².